The molecule has 0 aliphatic carbocycles. The predicted octanol–water partition coefficient (Wildman–Crippen LogP) is 0.166. The zero-order valence-electron chi connectivity index (χ0n) is 6.02. The number of rotatable bonds is 1. The molecule has 2 rings (SSSR count). The van der Waals surface area contributed by atoms with E-state index in [0.29, 0.717) is 0 Å². The first-order valence-electron chi connectivity index (χ1n) is 3.24. The first-order valence-corrected chi connectivity index (χ1v) is 3.24. The molecule has 2 aromatic rings. The Balaban J connectivity index is 2.76. The second-order valence-electron chi connectivity index (χ2n) is 2.09. The van der Waals surface area contributed by atoms with Crippen molar-refractivity contribution in [2.75, 3.05) is 12.4 Å². The molecule has 5 nitrogen and oxygen atoms in total. The van der Waals surface area contributed by atoms with Crippen LogP contribution in [0.1, 0.15) is 0 Å². The maximum absolute atomic E-state index is 3.95. The average molecular weight is 149 g/mol. The van der Waals surface area contributed by atoms with Gasteiger partial charge in [-0.2, -0.15) is 0 Å². The van der Waals surface area contributed by atoms with Crippen molar-refractivity contribution in [2.24, 2.45) is 0 Å². The lowest BCUT2D eigenvalue weighted by Gasteiger charge is -1.91. The summed E-state index contributed by atoms with van der Waals surface area (Å²) in [6.07, 6.45) is 5.14. The molecule has 0 saturated carbocycles. The largest absolute Gasteiger partial charge is 0.370 e. The highest BCUT2D eigenvalue weighted by Gasteiger charge is 2.00. The van der Waals surface area contributed by atoms with Gasteiger partial charge in [-0.15, -0.1) is 5.10 Å². The lowest BCUT2D eigenvalue weighted by Crippen LogP contribution is -1.89. The highest BCUT2D eigenvalue weighted by molar-refractivity contribution is 5.65. The molecular weight excluding hydrogens is 142 g/mol. The zero-order valence-corrected chi connectivity index (χ0v) is 6.02. The maximum atomic E-state index is 3.95. The van der Waals surface area contributed by atoms with E-state index < -0.39 is 0 Å². The molecule has 11 heavy (non-hydrogen) atoms. The van der Waals surface area contributed by atoms with Gasteiger partial charge >= 0.3 is 0 Å². The molecule has 0 unspecified atom stereocenters. The van der Waals surface area contributed by atoms with Crippen LogP contribution in [0.5, 0.6) is 0 Å². The van der Waals surface area contributed by atoms with Crippen molar-refractivity contribution in [3.63, 3.8) is 0 Å². The van der Waals surface area contributed by atoms with Crippen LogP contribution < -0.4 is 5.32 Å². The Hall–Kier alpha value is -1.65. The standard InChI is InChI=1S/C6H7N5/c1-7-6-5-4-8-2-3-11(5)10-9-6/h2-4,7H,1H3. The van der Waals surface area contributed by atoms with Crippen LogP contribution in [0.25, 0.3) is 5.52 Å². The fraction of sp³-hybridized carbons (Fsp3) is 0.167. The molecule has 0 aromatic carbocycles. The van der Waals surface area contributed by atoms with E-state index in [1.807, 2.05) is 0 Å². The zero-order chi connectivity index (χ0) is 7.68. The summed E-state index contributed by atoms with van der Waals surface area (Å²) in [7, 11) is 1.80. The number of anilines is 1. The van der Waals surface area contributed by atoms with Crippen LogP contribution in [0.2, 0.25) is 0 Å². The van der Waals surface area contributed by atoms with Gasteiger partial charge in [-0.3, -0.25) is 4.98 Å². The van der Waals surface area contributed by atoms with E-state index in [4.69, 9.17) is 0 Å². The third kappa shape index (κ3) is 0.813. The average Bonchev–Trinajstić information content (AvgIpc) is 2.47. The molecule has 0 atom stereocenters. The van der Waals surface area contributed by atoms with E-state index in [0.717, 1.165) is 11.3 Å². The number of nitrogens with zero attached hydrogens (tertiary/aromatic N) is 4. The van der Waals surface area contributed by atoms with Gasteiger partial charge in [0.2, 0.25) is 0 Å². The Labute approximate surface area is 63.1 Å². The molecule has 5 heteroatoms. The van der Waals surface area contributed by atoms with E-state index in [-0.39, 0.29) is 0 Å². The van der Waals surface area contributed by atoms with Crippen molar-refractivity contribution >= 4 is 11.3 Å². The second kappa shape index (κ2) is 2.19. The van der Waals surface area contributed by atoms with Crippen molar-refractivity contribution in [1.29, 1.82) is 0 Å². The highest BCUT2D eigenvalue weighted by atomic mass is 15.4. The summed E-state index contributed by atoms with van der Waals surface area (Å²) in [5.74, 6) is 0.748. The summed E-state index contributed by atoms with van der Waals surface area (Å²) in [5.41, 5.74) is 0.884. The van der Waals surface area contributed by atoms with Crippen molar-refractivity contribution in [2.45, 2.75) is 0 Å². The van der Waals surface area contributed by atoms with Gasteiger partial charge in [0, 0.05) is 19.4 Å². The van der Waals surface area contributed by atoms with E-state index in [9.17, 15) is 0 Å². The Morgan fingerprint density at radius 3 is 3.27 bits per heavy atom. The van der Waals surface area contributed by atoms with Gasteiger partial charge in [0.1, 0.15) is 5.52 Å². The van der Waals surface area contributed by atoms with Gasteiger partial charge in [0.05, 0.1) is 6.20 Å². The summed E-state index contributed by atoms with van der Waals surface area (Å²) in [6.45, 7) is 0. The lowest BCUT2D eigenvalue weighted by molar-refractivity contribution is 0.850. The normalized spacial score (nSPS) is 10.3. The molecule has 0 aliphatic heterocycles. The van der Waals surface area contributed by atoms with Gasteiger partial charge < -0.3 is 5.32 Å². The third-order valence-electron chi connectivity index (χ3n) is 1.46. The summed E-state index contributed by atoms with van der Waals surface area (Å²) in [4.78, 5) is 3.95. The lowest BCUT2D eigenvalue weighted by atomic mass is 10.5. The van der Waals surface area contributed by atoms with Crippen molar-refractivity contribution < 1.29 is 0 Å². The van der Waals surface area contributed by atoms with Gasteiger partial charge in [0.15, 0.2) is 5.82 Å². The second-order valence-corrected chi connectivity index (χ2v) is 2.09. The SMILES string of the molecule is CNc1nnn2ccncc12. The minimum absolute atomic E-state index is 0.748. The minimum Gasteiger partial charge on any atom is -0.370 e. The monoisotopic (exact) mass is 149 g/mol. The van der Waals surface area contributed by atoms with E-state index in [2.05, 4.69) is 20.6 Å². The van der Waals surface area contributed by atoms with Crippen LogP contribution in [0.4, 0.5) is 5.82 Å². The topological polar surface area (TPSA) is 55.1 Å². The molecule has 0 aliphatic rings. The number of hydrogen-bond acceptors (Lipinski definition) is 4. The fourth-order valence-electron chi connectivity index (χ4n) is 0.925. The van der Waals surface area contributed by atoms with Crippen molar-refractivity contribution in [1.82, 2.24) is 19.8 Å². The molecule has 0 amide bonds. The van der Waals surface area contributed by atoms with Crippen LogP contribution >= 0.6 is 0 Å². The van der Waals surface area contributed by atoms with Crippen molar-refractivity contribution in [3.05, 3.63) is 18.6 Å². The minimum atomic E-state index is 0.748. The summed E-state index contributed by atoms with van der Waals surface area (Å²) in [5, 5.41) is 10.6. The Bertz CT molecular complexity index is 366. The quantitative estimate of drug-likeness (QED) is 0.627. The van der Waals surface area contributed by atoms with Gasteiger partial charge in [-0.05, 0) is 0 Å². The van der Waals surface area contributed by atoms with Crippen molar-refractivity contribution in [3.8, 4) is 0 Å². The first kappa shape index (κ1) is 6.09. The molecule has 0 saturated heterocycles. The van der Waals surface area contributed by atoms with Gasteiger partial charge in [0.25, 0.3) is 0 Å². The van der Waals surface area contributed by atoms with E-state index in [1.54, 1.807) is 30.2 Å². The molecule has 0 bridgehead atoms. The smallest absolute Gasteiger partial charge is 0.177 e. The van der Waals surface area contributed by atoms with Crippen LogP contribution in [0, 0.1) is 0 Å². The van der Waals surface area contributed by atoms with Crippen LogP contribution in [-0.4, -0.2) is 26.9 Å². The van der Waals surface area contributed by atoms with Crippen LogP contribution in [-0.2, 0) is 0 Å². The Morgan fingerprint density at radius 1 is 1.55 bits per heavy atom. The molecule has 0 radical (unpaired) electrons. The first-order chi connectivity index (χ1) is 5.42. The Morgan fingerprint density at radius 2 is 2.45 bits per heavy atom. The van der Waals surface area contributed by atoms with Crippen LogP contribution in [0.15, 0.2) is 18.6 Å². The number of nitrogens with one attached hydrogen (secondary N) is 1. The van der Waals surface area contributed by atoms with Gasteiger partial charge in [-0.1, -0.05) is 5.21 Å². The molecule has 56 valence electrons. The molecule has 2 aromatic heterocycles. The Kier molecular flexibility index (Phi) is 1.21. The number of aromatic nitrogens is 4. The number of hydrogen-bond donors (Lipinski definition) is 1. The summed E-state index contributed by atoms with van der Waals surface area (Å²) in [6, 6.07) is 0. The fourth-order valence-corrected chi connectivity index (χ4v) is 0.925. The molecule has 2 heterocycles. The van der Waals surface area contributed by atoms with E-state index in [1.165, 1.54) is 0 Å². The predicted molar refractivity (Wildman–Crippen MR) is 40.3 cm³/mol. The highest BCUT2D eigenvalue weighted by Crippen LogP contribution is 2.08. The van der Waals surface area contributed by atoms with Gasteiger partial charge in [-0.25, -0.2) is 4.52 Å². The number of fused-ring (bicyclic) bond motifs is 1. The molecule has 0 fully saturated rings. The van der Waals surface area contributed by atoms with Crippen LogP contribution in [0.3, 0.4) is 0 Å². The molecular formula is C6H7N5. The third-order valence-corrected chi connectivity index (χ3v) is 1.46. The maximum Gasteiger partial charge on any atom is 0.177 e. The van der Waals surface area contributed by atoms with E-state index >= 15 is 0 Å². The summed E-state index contributed by atoms with van der Waals surface area (Å²) >= 11 is 0. The molecule has 0 spiro atoms. The molecule has 1 N–H and O–H groups in total. The summed E-state index contributed by atoms with van der Waals surface area (Å²) < 4.78 is 1.67.